The lowest BCUT2D eigenvalue weighted by atomic mass is 9.95. The standard InChI is InChI=1S/C25H32N2O2/c1-20(25(29)26-23-15-9-4-10-16-23)27(19-22-13-7-3-8-14-22)24(28)18-17-21-11-5-2-6-12-21/h2-3,5-8,11-14,20,23H,4,9-10,15-19H2,1H3,(H,26,29). The fraction of sp³-hybridized carbons (Fsp3) is 0.440. The van der Waals surface area contributed by atoms with Crippen LogP contribution in [-0.2, 0) is 22.6 Å². The van der Waals surface area contributed by atoms with Crippen LogP contribution in [0.4, 0.5) is 0 Å². The molecule has 1 unspecified atom stereocenters. The first kappa shape index (κ1) is 21.1. The van der Waals surface area contributed by atoms with Gasteiger partial charge in [0.05, 0.1) is 0 Å². The van der Waals surface area contributed by atoms with Crippen molar-refractivity contribution in [2.75, 3.05) is 0 Å². The number of hydrogen-bond acceptors (Lipinski definition) is 2. The first-order chi connectivity index (χ1) is 14.1. The molecule has 0 bridgehead atoms. The van der Waals surface area contributed by atoms with Gasteiger partial charge >= 0.3 is 0 Å². The fourth-order valence-corrected chi connectivity index (χ4v) is 3.97. The molecule has 1 saturated carbocycles. The van der Waals surface area contributed by atoms with Crippen LogP contribution in [0.2, 0.25) is 0 Å². The van der Waals surface area contributed by atoms with Crippen molar-refractivity contribution in [2.24, 2.45) is 0 Å². The van der Waals surface area contributed by atoms with Crippen molar-refractivity contribution in [3.8, 4) is 0 Å². The number of amides is 2. The SMILES string of the molecule is CC(C(=O)NC1CCCCC1)N(Cc1ccccc1)C(=O)CCc1ccccc1. The summed E-state index contributed by atoms with van der Waals surface area (Å²) in [5.41, 5.74) is 2.18. The summed E-state index contributed by atoms with van der Waals surface area (Å²) in [6, 6.07) is 19.7. The number of carbonyl (C=O) groups is 2. The minimum atomic E-state index is -0.486. The van der Waals surface area contributed by atoms with Gasteiger partial charge < -0.3 is 10.2 Å². The number of nitrogens with zero attached hydrogens (tertiary/aromatic N) is 1. The zero-order valence-electron chi connectivity index (χ0n) is 17.3. The Morgan fingerprint density at radius 3 is 2.14 bits per heavy atom. The Bertz CT molecular complexity index is 770. The number of aryl methyl sites for hydroxylation is 1. The number of carbonyl (C=O) groups excluding carboxylic acids is 2. The molecule has 3 rings (SSSR count). The maximum atomic E-state index is 13.1. The van der Waals surface area contributed by atoms with Crippen molar-refractivity contribution in [3.05, 3.63) is 71.8 Å². The van der Waals surface area contributed by atoms with E-state index in [-0.39, 0.29) is 17.9 Å². The van der Waals surface area contributed by atoms with E-state index in [4.69, 9.17) is 0 Å². The van der Waals surface area contributed by atoms with Crippen LogP contribution in [0, 0.1) is 0 Å². The molecule has 0 aromatic heterocycles. The van der Waals surface area contributed by atoms with Crippen molar-refractivity contribution in [3.63, 3.8) is 0 Å². The number of hydrogen-bond donors (Lipinski definition) is 1. The third-order valence-electron chi connectivity index (χ3n) is 5.78. The zero-order valence-corrected chi connectivity index (χ0v) is 17.3. The lowest BCUT2D eigenvalue weighted by Gasteiger charge is -2.31. The molecule has 154 valence electrons. The van der Waals surface area contributed by atoms with Gasteiger partial charge in [0.2, 0.25) is 11.8 Å². The Morgan fingerprint density at radius 1 is 0.931 bits per heavy atom. The summed E-state index contributed by atoms with van der Waals surface area (Å²) in [6.07, 6.45) is 6.75. The van der Waals surface area contributed by atoms with Gasteiger partial charge in [-0.2, -0.15) is 0 Å². The Labute approximate surface area is 174 Å². The normalized spacial score (nSPS) is 15.5. The lowest BCUT2D eigenvalue weighted by molar-refractivity contribution is -0.141. The van der Waals surface area contributed by atoms with Crippen LogP contribution in [0.15, 0.2) is 60.7 Å². The van der Waals surface area contributed by atoms with Gasteiger partial charge in [0, 0.05) is 19.0 Å². The topological polar surface area (TPSA) is 49.4 Å². The third kappa shape index (κ3) is 6.45. The number of benzene rings is 2. The predicted molar refractivity (Wildman–Crippen MR) is 116 cm³/mol. The Morgan fingerprint density at radius 2 is 1.52 bits per heavy atom. The molecular formula is C25H32N2O2. The van der Waals surface area contributed by atoms with Gasteiger partial charge in [0.25, 0.3) is 0 Å². The van der Waals surface area contributed by atoms with Crippen LogP contribution in [0.5, 0.6) is 0 Å². The average molecular weight is 393 g/mol. The average Bonchev–Trinajstić information content (AvgIpc) is 2.77. The summed E-state index contributed by atoms with van der Waals surface area (Å²) >= 11 is 0. The highest BCUT2D eigenvalue weighted by Gasteiger charge is 2.27. The van der Waals surface area contributed by atoms with Crippen LogP contribution in [-0.4, -0.2) is 28.8 Å². The van der Waals surface area contributed by atoms with Gasteiger partial charge in [-0.1, -0.05) is 79.9 Å². The van der Waals surface area contributed by atoms with Crippen molar-refractivity contribution >= 4 is 11.8 Å². The second kappa shape index (κ2) is 10.8. The Hall–Kier alpha value is -2.62. The van der Waals surface area contributed by atoms with E-state index in [1.54, 1.807) is 4.90 Å². The van der Waals surface area contributed by atoms with Gasteiger partial charge in [-0.15, -0.1) is 0 Å². The molecule has 1 fully saturated rings. The highest BCUT2D eigenvalue weighted by molar-refractivity contribution is 5.87. The van der Waals surface area contributed by atoms with E-state index in [2.05, 4.69) is 5.32 Å². The number of nitrogens with one attached hydrogen (secondary N) is 1. The van der Waals surface area contributed by atoms with Crippen molar-refractivity contribution < 1.29 is 9.59 Å². The summed E-state index contributed by atoms with van der Waals surface area (Å²) in [4.78, 5) is 27.8. The fourth-order valence-electron chi connectivity index (χ4n) is 3.97. The second-order valence-electron chi connectivity index (χ2n) is 8.01. The Kier molecular flexibility index (Phi) is 7.85. The highest BCUT2D eigenvalue weighted by atomic mass is 16.2. The van der Waals surface area contributed by atoms with E-state index in [0.717, 1.165) is 24.0 Å². The van der Waals surface area contributed by atoms with E-state index >= 15 is 0 Å². The first-order valence-corrected chi connectivity index (χ1v) is 10.8. The molecule has 29 heavy (non-hydrogen) atoms. The molecule has 0 heterocycles. The van der Waals surface area contributed by atoms with Crippen LogP contribution in [0.1, 0.15) is 56.6 Å². The summed E-state index contributed by atoms with van der Waals surface area (Å²) in [5.74, 6) is -0.0232. The molecule has 0 radical (unpaired) electrons. The molecule has 4 nitrogen and oxygen atoms in total. The van der Waals surface area contributed by atoms with Gasteiger partial charge in [0.15, 0.2) is 0 Å². The maximum absolute atomic E-state index is 13.1. The summed E-state index contributed by atoms with van der Waals surface area (Å²) in [6.45, 7) is 2.30. The van der Waals surface area contributed by atoms with Crippen LogP contribution in [0.25, 0.3) is 0 Å². The smallest absolute Gasteiger partial charge is 0.242 e. The zero-order chi connectivity index (χ0) is 20.5. The van der Waals surface area contributed by atoms with E-state index in [1.165, 1.54) is 19.3 Å². The Balaban J connectivity index is 1.67. The quantitative estimate of drug-likeness (QED) is 0.720. The summed E-state index contributed by atoms with van der Waals surface area (Å²) < 4.78 is 0. The minimum Gasteiger partial charge on any atom is -0.352 e. The van der Waals surface area contributed by atoms with Crippen LogP contribution < -0.4 is 5.32 Å². The molecule has 2 aromatic rings. The molecule has 1 atom stereocenters. The molecular weight excluding hydrogens is 360 g/mol. The summed E-state index contributed by atoms with van der Waals surface area (Å²) in [5, 5.41) is 3.18. The van der Waals surface area contributed by atoms with Crippen LogP contribution >= 0.6 is 0 Å². The van der Waals surface area contributed by atoms with E-state index in [1.807, 2.05) is 67.6 Å². The third-order valence-corrected chi connectivity index (χ3v) is 5.78. The largest absolute Gasteiger partial charge is 0.352 e. The molecule has 2 amide bonds. The lowest BCUT2D eigenvalue weighted by Crippen LogP contribution is -2.50. The minimum absolute atomic E-state index is 0.0176. The van der Waals surface area contributed by atoms with E-state index in [0.29, 0.717) is 19.4 Å². The maximum Gasteiger partial charge on any atom is 0.242 e. The first-order valence-electron chi connectivity index (χ1n) is 10.8. The highest BCUT2D eigenvalue weighted by Crippen LogP contribution is 2.18. The molecule has 0 spiro atoms. The number of rotatable bonds is 8. The molecule has 0 aliphatic heterocycles. The predicted octanol–water partition coefficient (Wildman–Crippen LogP) is 4.49. The van der Waals surface area contributed by atoms with Crippen LogP contribution in [0.3, 0.4) is 0 Å². The molecule has 1 aliphatic rings. The molecule has 0 saturated heterocycles. The van der Waals surface area contributed by atoms with E-state index in [9.17, 15) is 9.59 Å². The van der Waals surface area contributed by atoms with Gasteiger partial charge in [-0.05, 0) is 37.3 Å². The van der Waals surface area contributed by atoms with Gasteiger partial charge in [-0.3, -0.25) is 9.59 Å². The van der Waals surface area contributed by atoms with Gasteiger partial charge in [0.1, 0.15) is 6.04 Å². The molecule has 1 N–H and O–H groups in total. The van der Waals surface area contributed by atoms with Crippen molar-refractivity contribution in [1.82, 2.24) is 10.2 Å². The van der Waals surface area contributed by atoms with Gasteiger partial charge in [-0.25, -0.2) is 0 Å². The van der Waals surface area contributed by atoms with Crippen molar-refractivity contribution in [2.45, 2.75) is 70.5 Å². The molecule has 2 aromatic carbocycles. The summed E-state index contributed by atoms with van der Waals surface area (Å²) in [7, 11) is 0. The van der Waals surface area contributed by atoms with E-state index < -0.39 is 6.04 Å². The molecule has 1 aliphatic carbocycles. The second-order valence-corrected chi connectivity index (χ2v) is 8.01. The monoisotopic (exact) mass is 392 g/mol. The molecule has 4 heteroatoms. The van der Waals surface area contributed by atoms with Crippen molar-refractivity contribution in [1.29, 1.82) is 0 Å².